The molecule has 1 fully saturated rings. The van der Waals surface area contributed by atoms with Gasteiger partial charge in [-0.1, -0.05) is 30.3 Å². The zero-order chi connectivity index (χ0) is 24.3. The van der Waals surface area contributed by atoms with E-state index >= 15 is 0 Å². The van der Waals surface area contributed by atoms with Crippen LogP contribution in [-0.2, 0) is 6.18 Å². The first-order valence-electron chi connectivity index (χ1n) is 10.8. The Morgan fingerprint density at radius 3 is 2.32 bits per heavy atom. The van der Waals surface area contributed by atoms with Crippen molar-refractivity contribution < 1.29 is 31.5 Å². The van der Waals surface area contributed by atoms with Crippen LogP contribution in [0.3, 0.4) is 0 Å². The molecule has 0 saturated heterocycles. The molecule has 1 aliphatic rings. The van der Waals surface area contributed by atoms with Gasteiger partial charge in [-0.15, -0.1) is 0 Å². The molecule has 34 heavy (non-hydrogen) atoms. The second-order valence-electron chi connectivity index (χ2n) is 8.11. The van der Waals surface area contributed by atoms with Gasteiger partial charge >= 0.3 is 12.8 Å². The Morgan fingerprint density at radius 1 is 0.971 bits per heavy atom. The van der Waals surface area contributed by atoms with E-state index in [-0.39, 0.29) is 28.9 Å². The molecule has 0 radical (unpaired) electrons. The lowest BCUT2D eigenvalue weighted by Gasteiger charge is -2.31. The topological polar surface area (TPSA) is 63.2 Å². The monoisotopic (exact) mass is 479 g/mol. The Balaban J connectivity index is 1.41. The van der Waals surface area contributed by atoms with Gasteiger partial charge in [-0.05, 0) is 49.9 Å². The van der Waals surface area contributed by atoms with E-state index in [1.807, 2.05) is 0 Å². The van der Waals surface area contributed by atoms with E-state index in [1.54, 1.807) is 24.3 Å². The first-order chi connectivity index (χ1) is 16.2. The number of para-hydroxylation sites is 2. The molecule has 5 nitrogen and oxygen atoms in total. The summed E-state index contributed by atoms with van der Waals surface area (Å²) in [5.74, 6) is -0.710. The molecule has 1 heterocycles. The number of fused-ring (bicyclic) bond motifs is 1. The fraction of sp³-hybridized carbons (Fsp3) is 0.333. The van der Waals surface area contributed by atoms with Crippen molar-refractivity contribution in [3.63, 3.8) is 0 Å². The van der Waals surface area contributed by atoms with E-state index in [9.17, 15) is 26.7 Å². The van der Waals surface area contributed by atoms with Gasteiger partial charge < -0.3 is 15.4 Å². The minimum atomic E-state index is -4.56. The number of anilines is 1. The average molecular weight is 479 g/mol. The van der Waals surface area contributed by atoms with E-state index in [0.717, 1.165) is 6.07 Å². The number of carbonyl (C=O) groups excluding carboxylic acids is 1. The van der Waals surface area contributed by atoms with E-state index in [1.165, 1.54) is 24.3 Å². The number of nitrogens with one attached hydrogen (secondary N) is 2. The van der Waals surface area contributed by atoms with Gasteiger partial charge in [0.05, 0.1) is 11.1 Å². The third kappa shape index (κ3) is 5.55. The minimum absolute atomic E-state index is 0.0194. The zero-order valence-corrected chi connectivity index (χ0v) is 17.9. The molecule has 0 atom stereocenters. The van der Waals surface area contributed by atoms with Gasteiger partial charge in [0.1, 0.15) is 11.4 Å². The SMILES string of the molecule is O=C(N[C@H]1CC[C@@H](Nc2cc(C(F)(F)F)nc3ccccc23)CC1)c1ccccc1OC(F)F. The lowest BCUT2D eigenvalue weighted by Crippen LogP contribution is -2.40. The fourth-order valence-corrected chi connectivity index (χ4v) is 4.16. The molecule has 2 N–H and O–H groups in total. The predicted molar refractivity (Wildman–Crippen MR) is 117 cm³/mol. The quantitative estimate of drug-likeness (QED) is 0.425. The highest BCUT2D eigenvalue weighted by Gasteiger charge is 2.34. The summed E-state index contributed by atoms with van der Waals surface area (Å²) in [4.78, 5) is 16.3. The number of pyridine rings is 1. The van der Waals surface area contributed by atoms with Crippen LogP contribution in [0.5, 0.6) is 5.75 Å². The Hall–Kier alpha value is -3.43. The second kappa shape index (κ2) is 9.82. The summed E-state index contributed by atoms with van der Waals surface area (Å²) >= 11 is 0. The molecule has 1 aliphatic carbocycles. The largest absolute Gasteiger partial charge is 0.434 e. The molecule has 1 saturated carbocycles. The van der Waals surface area contributed by atoms with Crippen molar-refractivity contribution in [2.75, 3.05) is 5.32 Å². The number of hydrogen-bond donors (Lipinski definition) is 2. The Morgan fingerprint density at radius 2 is 1.62 bits per heavy atom. The van der Waals surface area contributed by atoms with E-state index in [4.69, 9.17) is 0 Å². The second-order valence-corrected chi connectivity index (χ2v) is 8.11. The standard InChI is InChI=1S/C24H22F5N3O2/c25-23(26)34-20-8-4-2-6-17(20)22(33)31-15-11-9-14(10-12-15)30-19-13-21(24(27,28)29)32-18-7-3-1-5-16(18)19/h1-8,13-15,23H,9-12H2,(H,30,32)(H,31,33)/t14-,15+. The van der Waals surface area contributed by atoms with Crippen molar-refractivity contribution in [3.05, 3.63) is 65.9 Å². The summed E-state index contributed by atoms with van der Waals surface area (Å²) < 4.78 is 69.5. The molecule has 0 spiro atoms. The summed E-state index contributed by atoms with van der Waals surface area (Å²) in [5, 5.41) is 6.66. The third-order valence-corrected chi connectivity index (χ3v) is 5.78. The Labute approximate surface area is 192 Å². The van der Waals surface area contributed by atoms with Gasteiger partial charge in [-0.2, -0.15) is 22.0 Å². The third-order valence-electron chi connectivity index (χ3n) is 5.78. The highest BCUT2D eigenvalue weighted by atomic mass is 19.4. The first-order valence-corrected chi connectivity index (χ1v) is 10.8. The van der Waals surface area contributed by atoms with Crippen LogP contribution in [0, 0.1) is 0 Å². The molecule has 3 aromatic rings. The molecule has 0 aliphatic heterocycles. The van der Waals surface area contributed by atoms with Crippen molar-refractivity contribution in [1.82, 2.24) is 10.3 Å². The summed E-state index contributed by atoms with van der Waals surface area (Å²) in [6.07, 6.45) is -2.18. The van der Waals surface area contributed by atoms with Crippen LogP contribution in [0.25, 0.3) is 10.9 Å². The molecule has 0 unspecified atom stereocenters. The normalized spacial score (nSPS) is 18.6. The highest BCUT2D eigenvalue weighted by molar-refractivity contribution is 5.97. The smallest absolute Gasteiger partial charge is 0.433 e. The highest BCUT2D eigenvalue weighted by Crippen LogP contribution is 2.34. The number of nitrogens with zero attached hydrogens (tertiary/aromatic N) is 1. The van der Waals surface area contributed by atoms with Crippen molar-refractivity contribution in [2.24, 2.45) is 0 Å². The molecule has 1 aromatic heterocycles. The maximum absolute atomic E-state index is 13.3. The van der Waals surface area contributed by atoms with Crippen LogP contribution in [0.1, 0.15) is 41.7 Å². The maximum Gasteiger partial charge on any atom is 0.433 e. The zero-order valence-electron chi connectivity index (χ0n) is 17.9. The molecule has 0 bridgehead atoms. The molecule has 2 aromatic carbocycles. The lowest BCUT2D eigenvalue weighted by atomic mass is 9.90. The number of amides is 1. The van der Waals surface area contributed by atoms with E-state index in [0.29, 0.717) is 36.8 Å². The summed E-state index contributed by atoms with van der Waals surface area (Å²) in [6, 6.07) is 13.1. The van der Waals surface area contributed by atoms with Crippen LogP contribution in [0.2, 0.25) is 0 Å². The van der Waals surface area contributed by atoms with Gasteiger partial charge in [0.2, 0.25) is 0 Å². The number of rotatable bonds is 6. The average Bonchev–Trinajstić information content (AvgIpc) is 2.79. The van der Waals surface area contributed by atoms with Crippen LogP contribution in [0.4, 0.5) is 27.6 Å². The molecule has 4 rings (SSSR count). The summed E-state index contributed by atoms with van der Waals surface area (Å²) in [7, 11) is 0. The molecule has 1 amide bonds. The van der Waals surface area contributed by atoms with Crippen LogP contribution < -0.4 is 15.4 Å². The molecular weight excluding hydrogens is 457 g/mol. The molecular formula is C24H22F5N3O2. The van der Waals surface area contributed by atoms with Crippen molar-refractivity contribution in [1.29, 1.82) is 0 Å². The fourth-order valence-electron chi connectivity index (χ4n) is 4.16. The van der Waals surface area contributed by atoms with Crippen LogP contribution >= 0.6 is 0 Å². The van der Waals surface area contributed by atoms with E-state index in [2.05, 4.69) is 20.4 Å². The predicted octanol–water partition coefficient (Wildman–Crippen LogP) is 6.01. The Bertz CT molecular complexity index is 1160. The number of hydrogen-bond acceptors (Lipinski definition) is 4. The minimum Gasteiger partial charge on any atom is -0.434 e. The van der Waals surface area contributed by atoms with Gasteiger partial charge in [0.25, 0.3) is 5.91 Å². The summed E-state index contributed by atoms with van der Waals surface area (Å²) in [5.41, 5.74) is -0.320. The number of aromatic nitrogens is 1. The van der Waals surface area contributed by atoms with Gasteiger partial charge in [0.15, 0.2) is 0 Å². The van der Waals surface area contributed by atoms with Crippen LogP contribution in [0.15, 0.2) is 54.6 Å². The van der Waals surface area contributed by atoms with Gasteiger partial charge in [-0.3, -0.25) is 4.79 Å². The van der Waals surface area contributed by atoms with Crippen LogP contribution in [-0.4, -0.2) is 29.6 Å². The van der Waals surface area contributed by atoms with E-state index < -0.39 is 24.4 Å². The first kappa shape index (κ1) is 23.7. The maximum atomic E-state index is 13.3. The number of benzene rings is 2. The van der Waals surface area contributed by atoms with Gasteiger partial charge in [-0.25, -0.2) is 4.98 Å². The Kier molecular flexibility index (Phi) is 6.85. The summed E-state index contributed by atoms with van der Waals surface area (Å²) in [6.45, 7) is -3.04. The molecule has 180 valence electrons. The number of halogens is 5. The molecule has 10 heteroatoms. The van der Waals surface area contributed by atoms with Crippen molar-refractivity contribution in [2.45, 2.75) is 50.6 Å². The number of ether oxygens (including phenoxy) is 1. The van der Waals surface area contributed by atoms with Gasteiger partial charge in [0, 0.05) is 23.2 Å². The number of carbonyl (C=O) groups is 1. The number of alkyl halides is 5. The van der Waals surface area contributed by atoms with Crippen molar-refractivity contribution >= 4 is 22.5 Å². The lowest BCUT2D eigenvalue weighted by molar-refractivity contribution is -0.140. The van der Waals surface area contributed by atoms with Crippen molar-refractivity contribution in [3.8, 4) is 5.75 Å².